The third-order valence-electron chi connectivity index (χ3n) is 2.23. The second-order valence-corrected chi connectivity index (χ2v) is 4.71. The average Bonchev–Trinajstić information content (AvgIpc) is 2.79. The van der Waals surface area contributed by atoms with Gasteiger partial charge in [-0.3, -0.25) is 0 Å². The van der Waals surface area contributed by atoms with Gasteiger partial charge in [0.2, 0.25) is 11.2 Å². The van der Waals surface area contributed by atoms with Crippen molar-refractivity contribution in [2.24, 2.45) is 0 Å². The number of halogens is 1. The number of likely N-dealkylation sites (N-methyl/N-ethyl adjacent to an activating group) is 1. The summed E-state index contributed by atoms with van der Waals surface area (Å²) in [6.07, 6.45) is 2.90. The predicted molar refractivity (Wildman–Crippen MR) is 71.4 cm³/mol. The summed E-state index contributed by atoms with van der Waals surface area (Å²) in [6, 6.07) is 0.178. The molecule has 0 bridgehead atoms. The fraction of sp³-hybridized carbons (Fsp3) is 0.500. The van der Waals surface area contributed by atoms with E-state index >= 15 is 0 Å². The Morgan fingerprint density at radius 2 is 2.16 bits per heavy atom. The predicted octanol–water partition coefficient (Wildman–Crippen LogP) is 0.468. The van der Waals surface area contributed by atoms with Crippen LogP contribution in [-0.4, -0.2) is 61.3 Å². The third kappa shape index (κ3) is 3.83. The minimum absolute atomic E-state index is 0.111. The Bertz CT molecular complexity index is 526. The number of aromatic nitrogens is 6. The molecule has 2 aromatic heterocycles. The van der Waals surface area contributed by atoms with Crippen molar-refractivity contribution in [3.05, 3.63) is 17.9 Å². The quantitative estimate of drug-likeness (QED) is 0.853. The highest BCUT2D eigenvalue weighted by Gasteiger charge is 2.10. The standard InChI is InChI=1S/C10H15ClN8/c1-7(4-18(2)3)14-9-15-8(11)16-10(17-9)19-6-12-5-13-19/h5-7H,4H2,1-3H3,(H,14,15,16,17). The van der Waals surface area contributed by atoms with E-state index in [2.05, 4.69) is 35.3 Å². The molecule has 1 N–H and O–H groups in total. The first-order valence-electron chi connectivity index (χ1n) is 5.72. The van der Waals surface area contributed by atoms with Crippen molar-refractivity contribution >= 4 is 17.5 Å². The Morgan fingerprint density at radius 3 is 2.79 bits per heavy atom. The largest absolute Gasteiger partial charge is 0.350 e. The molecule has 2 aromatic rings. The van der Waals surface area contributed by atoms with Crippen molar-refractivity contribution in [3.63, 3.8) is 0 Å². The van der Waals surface area contributed by atoms with Crippen molar-refractivity contribution in [3.8, 4) is 5.95 Å². The minimum atomic E-state index is 0.111. The molecule has 2 rings (SSSR count). The third-order valence-corrected chi connectivity index (χ3v) is 2.40. The Labute approximate surface area is 115 Å². The molecule has 0 fully saturated rings. The molecule has 0 aliphatic carbocycles. The molecule has 0 spiro atoms. The van der Waals surface area contributed by atoms with Gasteiger partial charge in [0.15, 0.2) is 0 Å². The smallest absolute Gasteiger partial charge is 0.258 e. The summed E-state index contributed by atoms with van der Waals surface area (Å²) in [6.45, 7) is 2.88. The summed E-state index contributed by atoms with van der Waals surface area (Å²) < 4.78 is 1.43. The SMILES string of the molecule is CC(CN(C)C)Nc1nc(Cl)nc(-n2cncn2)n1. The highest BCUT2D eigenvalue weighted by atomic mass is 35.5. The molecule has 0 aliphatic rings. The zero-order valence-electron chi connectivity index (χ0n) is 10.9. The average molecular weight is 283 g/mol. The maximum absolute atomic E-state index is 5.88. The lowest BCUT2D eigenvalue weighted by molar-refractivity contribution is 0.391. The fourth-order valence-corrected chi connectivity index (χ4v) is 1.79. The van der Waals surface area contributed by atoms with Gasteiger partial charge in [-0.15, -0.1) is 0 Å². The topological polar surface area (TPSA) is 84.6 Å². The van der Waals surface area contributed by atoms with E-state index in [0.29, 0.717) is 11.9 Å². The molecule has 1 unspecified atom stereocenters. The molecule has 0 aromatic carbocycles. The summed E-state index contributed by atoms with van der Waals surface area (Å²) in [5.41, 5.74) is 0. The first-order chi connectivity index (χ1) is 9.04. The van der Waals surface area contributed by atoms with Crippen LogP contribution in [0.15, 0.2) is 12.7 Å². The Balaban J connectivity index is 2.18. The first kappa shape index (κ1) is 13.6. The van der Waals surface area contributed by atoms with Crippen LogP contribution in [0.4, 0.5) is 5.95 Å². The van der Waals surface area contributed by atoms with E-state index in [-0.39, 0.29) is 11.3 Å². The monoisotopic (exact) mass is 282 g/mol. The number of hydrogen-bond acceptors (Lipinski definition) is 7. The lowest BCUT2D eigenvalue weighted by Crippen LogP contribution is -2.30. The lowest BCUT2D eigenvalue weighted by atomic mass is 10.3. The van der Waals surface area contributed by atoms with Crippen LogP contribution in [0.2, 0.25) is 5.28 Å². The van der Waals surface area contributed by atoms with E-state index in [4.69, 9.17) is 11.6 Å². The maximum Gasteiger partial charge on any atom is 0.258 e. The Kier molecular flexibility index (Phi) is 4.23. The molecule has 9 heteroatoms. The molecule has 0 saturated carbocycles. The number of nitrogens with zero attached hydrogens (tertiary/aromatic N) is 7. The second kappa shape index (κ2) is 5.89. The molecular weight excluding hydrogens is 268 g/mol. The summed E-state index contributed by atoms with van der Waals surface area (Å²) in [5, 5.41) is 7.23. The molecule has 2 heterocycles. The number of anilines is 1. The first-order valence-corrected chi connectivity index (χ1v) is 6.10. The highest BCUT2D eigenvalue weighted by molar-refractivity contribution is 6.28. The molecule has 0 amide bonds. The van der Waals surface area contributed by atoms with Gasteiger partial charge in [-0.05, 0) is 32.6 Å². The van der Waals surface area contributed by atoms with Crippen LogP contribution in [0, 0.1) is 0 Å². The molecule has 0 aliphatic heterocycles. The molecule has 8 nitrogen and oxygen atoms in total. The second-order valence-electron chi connectivity index (χ2n) is 4.38. The van der Waals surface area contributed by atoms with Gasteiger partial charge in [-0.25, -0.2) is 4.98 Å². The van der Waals surface area contributed by atoms with Crippen LogP contribution in [0.5, 0.6) is 0 Å². The van der Waals surface area contributed by atoms with Gasteiger partial charge in [-0.2, -0.15) is 24.7 Å². The van der Waals surface area contributed by atoms with Gasteiger partial charge in [0.1, 0.15) is 12.7 Å². The van der Waals surface area contributed by atoms with Gasteiger partial charge >= 0.3 is 0 Å². The molecular formula is C10H15ClN8. The van der Waals surface area contributed by atoms with Gasteiger partial charge in [-0.1, -0.05) is 0 Å². The highest BCUT2D eigenvalue weighted by Crippen LogP contribution is 2.09. The van der Waals surface area contributed by atoms with E-state index in [1.54, 1.807) is 0 Å². The summed E-state index contributed by atoms with van der Waals surface area (Å²) in [5.74, 6) is 0.747. The van der Waals surface area contributed by atoms with Crippen molar-refractivity contribution in [2.75, 3.05) is 26.0 Å². The number of nitrogens with one attached hydrogen (secondary N) is 1. The zero-order chi connectivity index (χ0) is 13.8. The van der Waals surface area contributed by atoms with Gasteiger partial charge in [0.05, 0.1) is 0 Å². The number of rotatable bonds is 5. The van der Waals surface area contributed by atoms with Gasteiger partial charge in [0.25, 0.3) is 5.95 Å². The van der Waals surface area contributed by atoms with E-state index < -0.39 is 0 Å². The minimum Gasteiger partial charge on any atom is -0.350 e. The van der Waals surface area contributed by atoms with Crippen LogP contribution in [0.3, 0.4) is 0 Å². The van der Waals surface area contributed by atoms with Crippen LogP contribution >= 0.6 is 11.6 Å². The lowest BCUT2D eigenvalue weighted by Gasteiger charge is -2.18. The van der Waals surface area contributed by atoms with Gasteiger partial charge in [0, 0.05) is 12.6 Å². The number of hydrogen-bond donors (Lipinski definition) is 1. The fourth-order valence-electron chi connectivity index (χ4n) is 1.63. The van der Waals surface area contributed by atoms with Crippen molar-refractivity contribution in [1.82, 2.24) is 34.6 Å². The molecule has 102 valence electrons. The summed E-state index contributed by atoms with van der Waals surface area (Å²) >= 11 is 5.88. The molecule has 1 atom stereocenters. The molecule has 19 heavy (non-hydrogen) atoms. The van der Waals surface area contributed by atoms with Crippen molar-refractivity contribution < 1.29 is 0 Å². The maximum atomic E-state index is 5.88. The zero-order valence-corrected chi connectivity index (χ0v) is 11.7. The van der Waals surface area contributed by atoms with Crippen LogP contribution in [0.1, 0.15) is 6.92 Å². The van der Waals surface area contributed by atoms with E-state index in [1.165, 1.54) is 17.3 Å². The normalized spacial score (nSPS) is 12.7. The van der Waals surface area contributed by atoms with Crippen molar-refractivity contribution in [2.45, 2.75) is 13.0 Å². The molecule has 0 radical (unpaired) electrons. The summed E-state index contributed by atoms with van der Waals surface area (Å²) in [4.78, 5) is 18.2. The molecule has 0 saturated heterocycles. The van der Waals surface area contributed by atoms with Crippen LogP contribution < -0.4 is 5.32 Å². The van der Waals surface area contributed by atoms with Crippen LogP contribution in [0.25, 0.3) is 5.95 Å². The van der Waals surface area contributed by atoms with Crippen LogP contribution in [-0.2, 0) is 0 Å². The Morgan fingerprint density at radius 1 is 1.37 bits per heavy atom. The Hall–Kier alpha value is -1.80. The van der Waals surface area contributed by atoms with E-state index in [1.807, 2.05) is 21.0 Å². The summed E-state index contributed by atoms with van der Waals surface area (Å²) in [7, 11) is 4.00. The van der Waals surface area contributed by atoms with Gasteiger partial charge < -0.3 is 10.2 Å². The van der Waals surface area contributed by atoms with E-state index in [0.717, 1.165) is 6.54 Å². The van der Waals surface area contributed by atoms with Crippen molar-refractivity contribution in [1.29, 1.82) is 0 Å². The van der Waals surface area contributed by atoms with E-state index in [9.17, 15) is 0 Å².